The van der Waals surface area contributed by atoms with Gasteiger partial charge in [0.2, 0.25) is 0 Å². The van der Waals surface area contributed by atoms with Crippen LogP contribution in [-0.2, 0) is 0 Å². The number of aromatic nitrogens is 3. The van der Waals surface area contributed by atoms with Crippen LogP contribution in [0.2, 0.25) is 0 Å². The van der Waals surface area contributed by atoms with E-state index in [1.165, 1.54) is 0 Å². The standard InChI is InChI=1S/C23H10N3/c1-2-6-19-14(4-1)8-16-10-18-11-17-9-15-5-3-7-24-20(15)12-21(17)26-23(18)13-22(16)25-19/h1-5,7-11H/q-3. The fraction of sp³-hybridized carbons (Fsp3) is 0. The average molecular weight is 328 g/mol. The Hall–Kier alpha value is -3.59. The van der Waals surface area contributed by atoms with E-state index in [2.05, 4.69) is 58.5 Å². The van der Waals surface area contributed by atoms with Gasteiger partial charge in [-0.1, -0.05) is 6.07 Å². The Kier molecular flexibility index (Phi) is 2.61. The fourth-order valence-corrected chi connectivity index (χ4v) is 3.44. The summed E-state index contributed by atoms with van der Waals surface area (Å²) in [7, 11) is 0. The first-order chi connectivity index (χ1) is 12.8. The van der Waals surface area contributed by atoms with Gasteiger partial charge in [0, 0.05) is 6.20 Å². The Morgan fingerprint density at radius 1 is 0.577 bits per heavy atom. The number of para-hydroxylation sites is 1. The maximum atomic E-state index is 4.76. The zero-order valence-corrected chi connectivity index (χ0v) is 13.6. The van der Waals surface area contributed by atoms with Crippen molar-refractivity contribution in [3.8, 4) is 0 Å². The Bertz CT molecular complexity index is 1260. The predicted molar refractivity (Wildman–Crippen MR) is 104 cm³/mol. The zero-order chi connectivity index (χ0) is 17.1. The summed E-state index contributed by atoms with van der Waals surface area (Å²) in [6.07, 6.45) is 1.77. The molecule has 0 amide bonds. The number of nitrogens with zero attached hydrogens (tertiary/aromatic N) is 3. The van der Waals surface area contributed by atoms with E-state index in [1.54, 1.807) is 6.20 Å². The monoisotopic (exact) mass is 328 g/mol. The van der Waals surface area contributed by atoms with Crippen molar-refractivity contribution >= 4 is 54.5 Å². The van der Waals surface area contributed by atoms with Crippen LogP contribution in [0.3, 0.4) is 0 Å². The molecule has 6 aromatic rings. The van der Waals surface area contributed by atoms with Crippen LogP contribution in [0.4, 0.5) is 0 Å². The molecule has 120 valence electrons. The number of fused-ring (bicyclic) bond motifs is 5. The van der Waals surface area contributed by atoms with Crippen molar-refractivity contribution < 1.29 is 0 Å². The predicted octanol–water partition coefficient (Wildman–Crippen LogP) is 5.04. The van der Waals surface area contributed by atoms with Crippen molar-refractivity contribution in [3.05, 3.63) is 79.0 Å². The molecule has 0 saturated carbocycles. The molecule has 6 rings (SSSR count). The number of benzene rings is 3. The number of hydrogen-bond donors (Lipinski definition) is 0. The molecular formula is C23H10N3-3. The van der Waals surface area contributed by atoms with E-state index in [9.17, 15) is 0 Å². The molecule has 0 aliphatic carbocycles. The van der Waals surface area contributed by atoms with Gasteiger partial charge in [-0.2, -0.15) is 48.5 Å². The van der Waals surface area contributed by atoms with Crippen LogP contribution >= 0.6 is 0 Å². The summed E-state index contributed by atoms with van der Waals surface area (Å²) >= 11 is 0. The van der Waals surface area contributed by atoms with Crippen molar-refractivity contribution in [1.29, 1.82) is 0 Å². The van der Waals surface area contributed by atoms with E-state index in [0.717, 1.165) is 54.5 Å². The van der Waals surface area contributed by atoms with Gasteiger partial charge in [0.15, 0.2) is 0 Å². The van der Waals surface area contributed by atoms with Gasteiger partial charge in [-0.15, -0.1) is 45.1 Å². The first-order valence-electron chi connectivity index (χ1n) is 8.38. The van der Waals surface area contributed by atoms with Crippen LogP contribution in [0.5, 0.6) is 0 Å². The largest absolute Gasteiger partial charge is 0.301 e. The number of rotatable bonds is 0. The summed E-state index contributed by atoms with van der Waals surface area (Å²) < 4.78 is 0. The summed E-state index contributed by atoms with van der Waals surface area (Å²) in [5.74, 6) is 0. The van der Waals surface area contributed by atoms with Gasteiger partial charge in [0.1, 0.15) is 0 Å². The molecule has 0 radical (unpaired) electrons. The highest BCUT2D eigenvalue weighted by Crippen LogP contribution is 2.27. The molecule has 0 fully saturated rings. The maximum Gasteiger partial charge on any atom is 0.0239 e. The van der Waals surface area contributed by atoms with Gasteiger partial charge in [-0.3, -0.25) is 4.98 Å². The highest BCUT2D eigenvalue weighted by molar-refractivity contribution is 6.04. The molecule has 26 heavy (non-hydrogen) atoms. The van der Waals surface area contributed by atoms with Crippen LogP contribution in [0.25, 0.3) is 54.5 Å². The van der Waals surface area contributed by atoms with E-state index in [-0.39, 0.29) is 0 Å². The lowest BCUT2D eigenvalue weighted by atomic mass is 10.0. The van der Waals surface area contributed by atoms with Gasteiger partial charge in [0.25, 0.3) is 0 Å². The first kappa shape index (κ1) is 13.7. The molecular weight excluding hydrogens is 318 g/mol. The van der Waals surface area contributed by atoms with Gasteiger partial charge < -0.3 is 9.97 Å². The summed E-state index contributed by atoms with van der Waals surface area (Å²) in [6, 6.07) is 28.2. The lowest BCUT2D eigenvalue weighted by molar-refractivity contribution is 1.40. The van der Waals surface area contributed by atoms with Crippen molar-refractivity contribution in [2.24, 2.45) is 0 Å². The maximum absolute atomic E-state index is 4.76. The SMILES string of the molecule is [c-]1cccc2cc3cc4cc5cc6cccnc6[c-]c5nc4[c-]c3nc12. The summed E-state index contributed by atoms with van der Waals surface area (Å²) in [4.78, 5) is 13.8. The summed E-state index contributed by atoms with van der Waals surface area (Å²) in [5, 5.41) is 5.29. The van der Waals surface area contributed by atoms with E-state index >= 15 is 0 Å². The molecule has 0 N–H and O–H groups in total. The molecule has 3 heteroatoms. The van der Waals surface area contributed by atoms with E-state index in [0.29, 0.717) is 0 Å². The van der Waals surface area contributed by atoms with Crippen LogP contribution < -0.4 is 0 Å². The quantitative estimate of drug-likeness (QED) is 0.290. The fourth-order valence-electron chi connectivity index (χ4n) is 3.44. The van der Waals surface area contributed by atoms with E-state index < -0.39 is 0 Å². The third-order valence-electron chi connectivity index (χ3n) is 4.69. The highest BCUT2D eigenvalue weighted by Gasteiger charge is 1.95. The minimum Gasteiger partial charge on any atom is -0.301 e. The first-order valence-corrected chi connectivity index (χ1v) is 8.38. The van der Waals surface area contributed by atoms with Gasteiger partial charge >= 0.3 is 0 Å². The normalized spacial score (nSPS) is 11.8. The Morgan fingerprint density at radius 2 is 1.15 bits per heavy atom. The molecule has 3 heterocycles. The third-order valence-corrected chi connectivity index (χ3v) is 4.69. The second-order valence-corrected chi connectivity index (χ2v) is 6.38. The summed E-state index contributed by atoms with van der Waals surface area (Å²) in [5.41, 5.74) is 4.06. The molecule has 3 aromatic carbocycles. The zero-order valence-electron chi connectivity index (χ0n) is 13.6. The second kappa shape index (κ2) is 4.96. The minimum absolute atomic E-state index is 0.791. The van der Waals surface area contributed by atoms with Crippen molar-refractivity contribution in [3.63, 3.8) is 0 Å². The van der Waals surface area contributed by atoms with E-state index in [4.69, 9.17) is 4.98 Å². The molecule has 3 nitrogen and oxygen atoms in total. The molecule has 0 aliphatic rings. The van der Waals surface area contributed by atoms with E-state index in [1.807, 2.05) is 24.3 Å². The molecule has 0 aliphatic heterocycles. The van der Waals surface area contributed by atoms with Crippen molar-refractivity contribution in [1.82, 2.24) is 15.0 Å². The Labute approximate surface area is 148 Å². The van der Waals surface area contributed by atoms with Crippen LogP contribution in [-0.4, -0.2) is 15.0 Å². The number of hydrogen-bond acceptors (Lipinski definition) is 3. The Morgan fingerprint density at radius 3 is 1.92 bits per heavy atom. The molecule has 0 spiro atoms. The summed E-state index contributed by atoms with van der Waals surface area (Å²) in [6.45, 7) is 0. The minimum atomic E-state index is 0.791. The van der Waals surface area contributed by atoms with Gasteiger partial charge in [0.05, 0.1) is 0 Å². The molecule has 0 bridgehead atoms. The van der Waals surface area contributed by atoms with Gasteiger partial charge in [-0.05, 0) is 27.6 Å². The molecule has 0 atom stereocenters. The van der Waals surface area contributed by atoms with Crippen molar-refractivity contribution in [2.45, 2.75) is 0 Å². The smallest absolute Gasteiger partial charge is 0.0239 e. The van der Waals surface area contributed by atoms with Gasteiger partial charge in [-0.25, -0.2) is 0 Å². The Balaban J connectivity index is 1.72. The third kappa shape index (κ3) is 1.97. The van der Waals surface area contributed by atoms with Crippen LogP contribution in [0.1, 0.15) is 0 Å². The number of pyridine rings is 3. The lowest BCUT2D eigenvalue weighted by Gasteiger charge is -2.17. The second-order valence-electron chi connectivity index (χ2n) is 6.38. The average Bonchev–Trinajstić information content (AvgIpc) is 2.67. The van der Waals surface area contributed by atoms with Crippen LogP contribution in [0.15, 0.2) is 60.8 Å². The van der Waals surface area contributed by atoms with Crippen molar-refractivity contribution in [2.75, 3.05) is 0 Å². The van der Waals surface area contributed by atoms with Crippen LogP contribution in [0, 0.1) is 18.2 Å². The molecule has 3 aromatic heterocycles. The molecule has 0 unspecified atom stereocenters. The highest BCUT2D eigenvalue weighted by atomic mass is 14.7. The topological polar surface area (TPSA) is 38.7 Å². The molecule has 0 saturated heterocycles. The lowest BCUT2D eigenvalue weighted by Crippen LogP contribution is -1.88.